The second-order valence-electron chi connectivity index (χ2n) is 10.6. The highest BCUT2D eigenvalue weighted by Gasteiger charge is 2.44. The molecule has 2 fully saturated rings. The molecule has 1 aromatic carbocycles. The van der Waals surface area contributed by atoms with Gasteiger partial charge in [-0.2, -0.15) is 0 Å². The molecule has 9 nitrogen and oxygen atoms in total. The molecule has 0 radical (unpaired) electrons. The monoisotopic (exact) mass is 553 g/mol. The zero-order valence-corrected chi connectivity index (χ0v) is 21.8. The van der Waals surface area contributed by atoms with Gasteiger partial charge in [0.15, 0.2) is 0 Å². The number of hydrogen-bond acceptors (Lipinski definition) is 7. The summed E-state index contributed by atoms with van der Waals surface area (Å²) in [5, 5.41) is 22.5. The molecular weight excluding hydrogens is 522 g/mol. The number of benzene rings is 1. The van der Waals surface area contributed by atoms with E-state index in [2.05, 4.69) is 48.9 Å². The van der Waals surface area contributed by atoms with E-state index in [4.69, 9.17) is 10.7 Å². The van der Waals surface area contributed by atoms with Gasteiger partial charge >= 0.3 is 0 Å². The van der Waals surface area contributed by atoms with Crippen LogP contribution in [0.15, 0.2) is 41.3 Å². The molecule has 10 heteroatoms. The van der Waals surface area contributed by atoms with Crippen molar-refractivity contribution in [2.45, 2.75) is 56.4 Å². The Kier molecular flexibility index (Phi) is 6.23. The third kappa shape index (κ3) is 4.30. The lowest BCUT2D eigenvalue weighted by Crippen LogP contribution is -2.46. The number of nitrogens with zero attached hydrogens (tertiary/aromatic N) is 5. The Morgan fingerprint density at radius 3 is 2.83 bits per heavy atom. The molecule has 5 N–H and O–H groups in total. The third-order valence-corrected chi connectivity index (χ3v) is 8.80. The molecule has 3 aromatic heterocycles. The number of aromatic nitrogens is 5. The standard InChI is InChI=1S/C26H32BrN7O2/c1-33(17-8-14(9-17)2-5-22-31-19-4-3-16(27)11-20(19)32-22)12-15-10-21(24(36)23(15)35)34-7-6-18-25(28)29-13-30-26(18)34/h3-4,6-7,11,13-15,17,21,23-24,35-36H,2,5,8-10,12H2,1H3,(H,31,32)(H2,28,29,30)/t14-,15-,17-,21-,23-,24+/m1/s1. The number of aliphatic hydroxyl groups excluding tert-OH is 2. The number of imidazole rings is 1. The predicted octanol–water partition coefficient (Wildman–Crippen LogP) is 3.28. The lowest BCUT2D eigenvalue weighted by atomic mass is 9.76. The van der Waals surface area contributed by atoms with Crippen molar-refractivity contribution < 1.29 is 10.2 Å². The van der Waals surface area contributed by atoms with E-state index in [1.165, 1.54) is 6.33 Å². The molecule has 2 aliphatic carbocycles. The number of hydrogen-bond donors (Lipinski definition) is 4. The average molecular weight is 554 g/mol. The van der Waals surface area contributed by atoms with Crippen LogP contribution in [0.2, 0.25) is 0 Å². The second kappa shape index (κ2) is 9.41. The Balaban J connectivity index is 1.02. The van der Waals surface area contributed by atoms with Gasteiger partial charge in [-0.3, -0.25) is 0 Å². The molecule has 4 atom stereocenters. The van der Waals surface area contributed by atoms with Crippen LogP contribution in [-0.4, -0.2) is 71.5 Å². The fraction of sp³-hybridized carbons (Fsp3) is 0.500. The fourth-order valence-electron chi connectivity index (χ4n) is 6.12. The maximum Gasteiger partial charge on any atom is 0.145 e. The Morgan fingerprint density at radius 2 is 2.00 bits per heavy atom. The highest BCUT2D eigenvalue weighted by molar-refractivity contribution is 9.10. The zero-order valence-electron chi connectivity index (χ0n) is 20.3. The average Bonchev–Trinajstić information content (AvgIpc) is 3.50. The van der Waals surface area contributed by atoms with Crippen LogP contribution in [0, 0.1) is 11.8 Å². The first-order valence-corrected chi connectivity index (χ1v) is 13.4. The number of nitrogens with one attached hydrogen (secondary N) is 1. The first kappa shape index (κ1) is 23.8. The van der Waals surface area contributed by atoms with Crippen LogP contribution in [-0.2, 0) is 6.42 Å². The van der Waals surface area contributed by atoms with E-state index in [9.17, 15) is 10.2 Å². The summed E-state index contributed by atoms with van der Waals surface area (Å²) in [5.74, 6) is 2.18. The van der Waals surface area contributed by atoms with Gasteiger partial charge < -0.3 is 30.4 Å². The lowest BCUT2D eigenvalue weighted by Gasteiger charge is -2.42. The Hall–Kier alpha value is -2.53. The molecule has 0 amide bonds. The molecule has 6 rings (SSSR count). The molecule has 0 saturated heterocycles. The van der Waals surface area contributed by atoms with Crippen molar-refractivity contribution >= 4 is 43.8 Å². The van der Waals surface area contributed by atoms with Crippen LogP contribution in [0.5, 0.6) is 0 Å². The summed E-state index contributed by atoms with van der Waals surface area (Å²) in [6, 6.07) is 8.30. The van der Waals surface area contributed by atoms with Gasteiger partial charge in [-0.05, 0) is 62.9 Å². The van der Waals surface area contributed by atoms with Crippen molar-refractivity contribution in [3.63, 3.8) is 0 Å². The van der Waals surface area contributed by atoms with Crippen LogP contribution in [0.1, 0.15) is 37.5 Å². The number of rotatable bonds is 7. The molecule has 2 saturated carbocycles. The maximum absolute atomic E-state index is 10.9. The summed E-state index contributed by atoms with van der Waals surface area (Å²) in [6.07, 6.45) is 6.83. The van der Waals surface area contributed by atoms with E-state index in [0.717, 1.165) is 58.9 Å². The van der Waals surface area contributed by atoms with E-state index in [1.807, 2.05) is 29.0 Å². The number of aliphatic hydroxyl groups is 2. The predicted molar refractivity (Wildman–Crippen MR) is 142 cm³/mol. The number of nitrogens with two attached hydrogens (primary N) is 1. The number of anilines is 1. The van der Waals surface area contributed by atoms with Gasteiger partial charge in [0.25, 0.3) is 0 Å². The van der Waals surface area contributed by atoms with Crippen LogP contribution >= 0.6 is 15.9 Å². The Labute approximate surface area is 217 Å². The van der Waals surface area contributed by atoms with Crippen LogP contribution < -0.4 is 5.73 Å². The van der Waals surface area contributed by atoms with Gasteiger partial charge in [0, 0.05) is 35.6 Å². The quantitative estimate of drug-likeness (QED) is 0.276. The van der Waals surface area contributed by atoms with Crippen molar-refractivity contribution in [3.05, 3.63) is 47.1 Å². The molecule has 0 spiro atoms. The molecule has 2 aliphatic rings. The molecule has 0 aliphatic heterocycles. The highest BCUT2D eigenvalue weighted by atomic mass is 79.9. The molecule has 3 heterocycles. The third-order valence-electron chi connectivity index (χ3n) is 8.31. The second-order valence-corrected chi connectivity index (χ2v) is 11.5. The number of aromatic amines is 1. The fourth-order valence-corrected chi connectivity index (χ4v) is 6.47. The summed E-state index contributed by atoms with van der Waals surface area (Å²) < 4.78 is 2.99. The Morgan fingerprint density at radius 1 is 1.17 bits per heavy atom. The maximum atomic E-state index is 10.9. The van der Waals surface area contributed by atoms with Gasteiger partial charge in [0.1, 0.15) is 29.7 Å². The number of H-pyrrole nitrogens is 1. The van der Waals surface area contributed by atoms with E-state index >= 15 is 0 Å². The molecular formula is C26H32BrN7O2. The number of nitrogen functional groups attached to an aromatic ring is 1. The molecule has 190 valence electrons. The summed E-state index contributed by atoms with van der Waals surface area (Å²) in [5.41, 5.74) is 8.76. The molecule has 0 unspecified atom stereocenters. The minimum absolute atomic E-state index is 0.000515. The summed E-state index contributed by atoms with van der Waals surface area (Å²) in [6.45, 7) is 0.765. The van der Waals surface area contributed by atoms with E-state index in [1.54, 1.807) is 0 Å². The lowest BCUT2D eigenvalue weighted by molar-refractivity contribution is -0.00658. The van der Waals surface area contributed by atoms with Crippen LogP contribution in [0.4, 0.5) is 5.82 Å². The van der Waals surface area contributed by atoms with Gasteiger partial charge in [-0.25, -0.2) is 15.0 Å². The van der Waals surface area contributed by atoms with E-state index < -0.39 is 12.2 Å². The smallest absolute Gasteiger partial charge is 0.145 e. The Bertz CT molecular complexity index is 1380. The largest absolute Gasteiger partial charge is 0.390 e. The molecule has 36 heavy (non-hydrogen) atoms. The number of fused-ring (bicyclic) bond motifs is 2. The van der Waals surface area contributed by atoms with Crippen LogP contribution in [0.3, 0.4) is 0 Å². The first-order chi connectivity index (χ1) is 17.4. The van der Waals surface area contributed by atoms with Gasteiger partial charge in [-0.1, -0.05) is 15.9 Å². The minimum atomic E-state index is -0.839. The summed E-state index contributed by atoms with van der Waals surface area (Å²) in [4.78, 5) is 18.9. The topological polar surface area (TPSA) is 129 Å². The van der Waals surface area contributed by atoms with Crippen molar-refractivity contribution in [1.29, 1.82) is 0 Å². The molecule has 4 aromatic rings. The summed E-state index contributed by atoms with van der Waals surface area (Å²) in [7, 11) is 2.14. The number of aryl methyl sites for hydroxylation is 1. The van der Waals surface area contributed by atoms with Crippen LogP contribution in [0.25, 0.3) is 22.1 Å². The van der Waals surface area contributed by atoms with E-state index in [0.29, 0.717) is 29.8 Å². The SMILES string of the molecule is CN(C[C@H]1C[C@@H](n2ccc3c(N)ncnc32)[C@H](O)[C@@H]1O)[C@H]1C[C@H](CCc2nc3cc(Br)ccc3[nH]2)C1. The molecule has 0 bridgehead atoms. The normalized spacial score (nSPS) is 28.4. The van der Waals surface area contributed by atoms with Gasteiger partial charge in [0.2, 0.25) is 0 Å². The van der Waals surface area contributed by atoms with Crippen molar-refractivity contribution in [1.82, 2.24) is 29.4 Å². The highest BCUT2D eigenvalue weighted by Crippen LogP contribution is 2.40. The number of halogens is 1. The zero-order chi connectivity index (χ0) is 25.0. The summed E-state index contributed by atoms with van der Waals surface area (Å²) >= 11 is 3.51. The first-order valence-electron chi connectivity index (χ1n) is 12.6. The van der Waals surface area contributed by atoms with Crippen molar-refractivity contribution in [3.8, 4) is 0 Å². The minimum Gasteiger partial charge on any atom is -0.390 e. The van der Waals surface area contributed by atoms with Crippen molar-refractivity contribution in [2.75, 3.05) is 19.3 Å². The van der Waals surface area contributed by atoms with Gasteiger partial charge in [0.05, 0.1) is 28.6 Å². The van der Waals surface area contributed by atoms with E-state index in [-0.39, 0.29) is 12.0 Å². The van der Waals surface area contributed by atoms with Crippen molar-refractivity contribution in [2.24, 2.45) is 11.8 Å². The van der Waals surface area contributed by atoms with Gasteiger partial charge in [-0.15, -0.1) is 0 Å².